The van der Waals surface area contributed by atoms with Crippen molar-refractivity contribution in [3.05, 3.63) is 69.8 Å². The number of Topliss-reactive ketones (excluding diaryl/α,β-unsaturated/α-hetero) is 1. The summed E-state index contributed by atoms with van der Waals surface area (Å²) in [5, 5.41) is 14.1. The maximum absolute atomic E-state index is 13.4. The number of likely N-dealkylation sites (N-methyl/N-ethyl adjacent to an activating group) is 1. The molecule has 0 bridgehead atoms. The molecule has 0 saturated carbocycles. The number of carbonyl (C=O) groups excluding carboxylic acids is 2. The van der Waals surface area contributed by atoms with Crippen LogP contribution < -0.4 is 10.2 Å². The topological polar surface area (TPSA) is 95.8 Å². The fourth-order valence-corrected chi connectivity index (χ4v) is 3.36. The number of nitrogens with one attached hydrogen (secondary N) is 1. The Balaban J connectivity index is 1.90. The average Bonchev–Trinajstić information content (AvgIpc) is 2.74. The van der Waals surface area contributed by atoms with Crippen molar-refractivity contribution in [1.82, 2.24) is 10.2 Å². The molecule has 1 amide bonds. The maximum atomic E-state index is 13.4. The second kappa shape index (κ2) is 8.93. The highest BCUT2D eigenvalue weighted by atomic mass is 16.6. The Bertz CT molecular complexity index is 890. The Hall–Kier alpha value is -3.10. The van der Waals surface area contributed by atoms with Crippen molar-refractivity contribution in [3.63, 3.8) is 0 Å². The van der Waals surface area contributed by atoms with E-state index in [1.165, 1.54) is 29.2 Å². The van der Waals surface area contributed by atoms with Gasteiger partial charge in [-0.3, -0.25) is 24.6 Å². The summed E-state index contributed by atoms with van der Waals surface area (Å²) in [4.78, 5) is 40.4. The third kappa shape index (κ3) is 4.67. The molecular weight excluding hydrogens is 372 g/mol. The van der Waals surface area contributed by atoms with Crippen molar-refractivity contribution in [2.24, 2.45) is 0 Å². The zero-order chi connectivity index (χ0) is 21.0. The zero-order valence-electron chi connectivity index (χ0n) is 16.5. The highest BCUT2D eigenvalue weighted by Crippen LogP contribution is 2.20. The van der Waals surface area contributed by atoms with Crippen LogP contribution >= 0.6 is 0 Å². The number of non-ortho nitro benzene ring substituents is 1. The molecule has 1 N–H and O–H groups in total. The number of benzene rings is 2. The van der Waals surface area contributed by atoms with Crippen LogP contribution in [0, 0.1) is 17.0 Å². The summed E-state index contributed by atoms with van der Waals surface area (Å²) in [5.74, 6) is -0.676. The summed E-state index contributed by atoms with van der Waals surface area (Å²) in [6, 6.07) is 11.9. The number of aryl methyl sites for hydroxylation is 1. The first-order chi connectivity index (χ1) is 13.9. The second-order valence-electron chi connectivity index (χ2n) is 7.09. The summed E-state index contributed by atoms with van der Waals surface area (Å²) < 4.78 is 0. The first-order valence-corrected chi connectivity index (χ1v) is 9.46. The molecular formula is C21H24N4O4. The Morgan fingerprint density at radius 2 is 1.66 bits per heavy atom. The van der Waals surface area contributed by atoms with Crippen LogP contribution in [-0.2, 0) is 4.79 Å². The van der Waals surface area contributed by atoms with E-state index in [9.17, 15) is 19.7 Å². The predicted octanol–water partition coefficient (Wildman–Crippen LogP) is 2.02. The molecule has 0 spiro atoms. The number of nitrogens with zero attached hydrogens (tertiary/aromatic N) is 3. The highest BCUT2D eigenvalue weighted by Gasteiger charge is 2.36. The molecule has 1 saturated heterocycles. The standard InChI is InChI=1S/C21H24N4O4/c1-15-3-7-17(8-4-15)23(2)21(27)19(24-13-11-22-12-14-24)20(26)16-5-9-18(10-6-16)25(28)29/h3-10,19,22H,11-14H2,1-2H3. The smallest absolute Gasteiger partial charge is 0.269 e. The molecule has 2 aromatic rings. The summed E-state index contributed by atoms with van der Waals surface area (Å²) in [6.45, 7) is 4.47. The van der Waals surface area contributed by atoms with Gasteiger partial charge in [-0.1, -0.05) is 17.7 Å². The maximum Gasteiger partial charge on any atom is 0.269 e. The van der Waals surface area contributed by atoms with Crippen LogP contribution in [0.5, 0.6) is 0 Å². The lowest BCUT2D eigenvalue weighted by Gasteiger charge is -2.35. The molecule has 1 unspecified atom stereocenters. The van der Waals surface area contributed by atoms with Gasteiger partial charge in [-0.05, 0) is 31.2 Å². The van der Waals surface area contributed by atoms with Crippen molar-refractivity contribution in [1.29, 1.82) is 0 Å². The quantitative estimate of drug-likeness (QED) is 0.347. The fraction of sp³-hybridized carbons (Fsp3) is 0.333. The first kappa shape index (κ1) is 20.6. The molecule has 8 nitrogen and oxygen atoms in total. The van der Waals surface area contributed by atoms with Gasteiger partial charge in [0.15, 0.2) is 11.8 Å². The van der Waals surface area contributed by atoms with E-state index in [1.807, 2.05) is 36.1 Å². The summed E-state index contributed by atoms with van der Waals surface area (Å²) in [5.41, 5.74) is 1.97. The van der Waals surface area contributed by atoms with Crippen molar-refractivity contribution in [2.75, 3.05) is 38.1 Å². The van der Waals surface area contributed by atoms with Gasteiger partial charge in [0.25, 0.3) is 11.6 Å². The van der Waals surface area contributed by atoms with Gasteiger partial charge in [0.2, 0.25) is 0 Å². The minimum Gasteiger partial charge on any atom is -0.314 e. The van der Waals surface area contributed by atoms with Crippen LogP contribution in [0.2, 0.25) is 0 Å². The molecule has 152 valence electrons. The monoisotopic (exact) mass is 396 g/mol. The molecule has 1 heterocycles. The number of hydrogen-bond donors (Lipinski definition) is 1. The molecule has 3 rings (SSSR count). The molecule has 1 atom stereocenters. The van der Waals surface area contributed by atoms with Crippen LogP contribution in [0.4, 0.5) is 11.4 Å². The second-order valence-corrected chi connectivity index (χ2v) is 7.09. The summed E-state index contributed by atoms with van der Waals surface area (Å²) in [7, 11) is 1.66. The van der Waals surface area contributed by atoms with E-state index in [2.05, 4.69) is 5.32 Å². The lowest BCUT2D eigenvalue weighted by Crippen LogP contribution is -2.57. The molecule has 1 aliphatic heterocycles. The number of carbonyl (C=O) groups is 2. The van der Waals surface area contributed by atoms with Crippen LogP contribution in [0.25, 0.3) is 0 Å². The molecule has 1 aliphatic rings. The van der Waals surface area contributed by atoms with Gasteiger partial charge in [-0.2, -0.15) is 0 Å². The average molecular weight is 396 g/mol. The Kier molecular flexibility index (Phi) is 6.36. The molecule has 8 heteroatoms. The third-order valence-corrected chi connectivity index (χ3v) is 5.11. The van der Waals surface area contributed by atoms with E-state index >= 15 is 0 Å². The van der Waals surface area contributed by atoms with Gasteiger partial charge in [-0.25, -0.2) is 0 Å². The van der Waals surface area contributed by atoms with Crippen molar-refractivity contribution in [2.45, 2.75) is 13.0 Å². The largest absolute Gasteiger partial charge is 0.314 e. The molecule has 0 aliphatic carbocycles. The lowest BCUT2D eigenvalue weighted by atomic mass is 10.00. The van der Waals surface area contributed by atoms with Gasteiger partial charge in [-0.15, -0.1) is 0 Å². The highest BCUT2D eigenvalue weighted by molar-refractivity contribution is 6.17. The van der Waals surface area contributed by atoms with Crippen LogP contribution in [0.1, 0.15) is 15.9 Å². The number of anilines is 1. The van der Waals surface area contributed by atoms with Gasteiger partial charge < -0.3 is 10.2 Å². The summed E-state index contributed by atoms with van der Waals surface area (Å²) >= 11 is 0. The zero-order valence-corrected chi connectivity index (χ0v) is 16.5. The lowest BCUT2D eigenvalue weighted by molar-refractivity contribution is -0.384. The molecule has 29 heavy (non-hydrogen) atoms. The third-order valence-electron chi connectivity index (χ3n) is 5.11. The van der Waals surface area contributed by atoms with E-state index in [4.69, 9.17) is 0 Å². The van der Waals surface area contributed by atoms with Crippen molar-refractivity contribution >= 4 is 23.1 Å². The SMILES string of the molecule is Cc1ccc(N(C)C(=O)C(C(=O)c2ccc([N+](=O)[O-])cc2)N2CCNCC2)cc1. The molecule has 0 aromatic heterocycles. The van der Waals surface area contributed by atoms with E-state index in [0.717, 1.165) is 5.56 Å². The van der Waals surface area contributed by atoms with E-state index in [-0.39, 0.29) is 22.9 Å². The van der Waals surface area contributed by atoms with Gasteiger partial charge in [0.05, 0.1) is 4.92 Å². The van der Waals surface area contributed by atoms with Gasteiger partial charge in [0, 0.05) is 56.6 Å². The number of hydrogen-bond acceptors (Lipinski definition) is 6. The van der Waals surface area contributed by atoms with E-state index < -0.39 is 11.0 Å². The Morgan fingerprint density at radius 1 is 1.07 bits per heavy atom. The minimum atomic E-state index is -0.982. The number of ketones is 1. The van der Waals surface area contributed by atoms with E-state index in [0.29, 0.717) is 31.9 Å². The normalized spacial score (nSPS) is 15.5. The van der Waals surface area contributed by atoms with Crippen LogP contribution in [0.3, 0.4) is 0 Å². The summed E-state index contributed by atoms with van der Waals surface area (Å²) in [6.07, 6.45) is 0. The molecule has 2 aromatic carbocycles. The number of amides is 1. The van der Waals surface area contributed by atoms with Crippen LogP contribution in [-0.4, -0.2) is 60.8 Å². The molecule has 1 fully saturated rings. The van der Waals surface area contributed by atoms with Gasteiger partial charge >= 0.3 is 0 Å². The Labute approximate surface area is 169 Å². The predicted molar refractivity (Wildman–Crippen MR) is 110 cm³/mol. The number of nitro groups is 1. The minimum absolute atomic E-state index is 0.0941. The Morgan fingerprint density at radius 3 is 2.21 bits per heavy atom. The van der Waals surface area contributed by atoms with Crippen LogP contribution in [0.15, 0.2) is 48.5 Å². The van der Waals surface area contributed by atoms with Gasteiger partial charge in [0.1, 0.15) is 0 Å². The molecule has 0 radical (unpaired) electrons. The number of rotatable bonds is 6. The number of piperazine rings is 1. The van der Waals surface area contributed by atoms with Crippen molar-refractivity contribution in [3.8, 4) is 0 Å². The first-order valence-electron chi connectivity index (χ1n) is 9.46. The number of nitro benzene ring substituents is 1. The van der Waals surface area contributed by atoms with Crippen molar-refractivity contribution < 1.29 is 14.5 Å². The van der Waals surface area contributed by atoms with E-state index in [1.54, 1.807) is 7.05 Å². The fourth-order valence-electron chi connectivity index (χ4n) is 3.36.